The highest BCUT2D eigenvalue weighted by Crippen LogP contribution is 2.32. The van der Waals surface area contributed by atoms with Gasteiger partial charge in [0.15, 0.2) is 0 Å². The summed E-state index contributed by atoms with van der Waals surface area (Å²) in [5.74, 6) is 0.302. The van der Waals surface area contributed by atoms with Gasteiger partial charge in [0.05, 0.1) is 12.5 Å². The van der Waals surface area contributed by atoms with Gasteiger partial charge in [0.1, 0.15) is 0 Å². The smallest absolute Gasteiger partial charge is 0.225 e. The molecule has 116 valence electrons. The van der Waals surface area contributed by atoms with Gasteiger partial charge in [0.25, 0.3) is 0 Å². The van der Waals surface area contributed by atoms with Crippen molar-refractivity contribution in [2.24, 2.45) is 17.6 Å². The summed E-state index contributed by atoms with van der Waals surface area (Å²) >= 11 is 0. The van der Waals surface area contributed by atoms with Crippen molar-refractivity contribution >= 4 is 24.2 Å². The number of nitrogens with zero attached hydrogens (tertiary/aromatic N) is 1. The average molecular weight is 306 g/mol. The first-order chi connectivity index (χ1) is 9.15. The summed E-state index contributed by atoms with van der Waals surface area (Å²) in [6.07, 6.45) is 2.59. The molecule has 1 saturated heterocycles. The van der Waals surface area contributed by atoms with Crippen LogP contribution in [0, 0.1) is 11.8 Å². The van der Waals surface area contributed by atoms with Crippen LogP contribution >= 0.6 is 12.4 Å². The Balaban J connectivity index is 0.00000200. The number of hydrogen-bond donors (Lipinski definition) is 2. The maximum atomic E-state index is 12.1. The van der Waals surface area contributed by atoms with E-state index in [-0.39, 0.29) is 36.2 Å². The maximum Gasteiger partial charge on any atom is 0.225 e. The van der Waals surface area contributed by atoms with Crippen molar-refractivity contribution in [2.75, 3.05) is 33.4 Å². The lowest BCUT2D eigenvalue weighted by atomic mass is 10.1. The van der Waals surface area contributed by atoms with Crippen LogP contribution in [0.3, 0.4) is 0 Å². The minimum Gasteiger partial charge on any atom is -0.383 e. The summed E-state index contributed by atoms with van der Waals surface area (Å²) in [5, 5.41) is 2.99. The van der Waals surface area contributed by atoms with Crippen LogP contribution in [0.15, 0.2) is 0 Å². The van der Waals surface area contributed by atoms with Crippen LogP contribution in [0.5, 0.6) is 0 Å². The zero-order valence-electron chi connectivity index (χ0n) is 11.8. The van der Waals surface area contributed by atoms with Crippen molar-refractivity contribution in [1.29, 1.82) is 0 Å². The molecule has 0 bridgehead atoms. The molecule has 1 saturated carbocycles. The molecule has 6 nitrogen and oxygen atoms in total. The van der Waals surface area contributed by atoms with Crippen LogP contribution < -0.4 is 11.1 Å². The minimum atomic E-state index is -0.239. The molecule has 0 aromatic heterocycles. The number of carbonyl (C=O) groups excluding carboxylic acids is 2. The largest absolute Gasteiger partial charge is 0.383 e. The Kier molecular flexibility index (Phi) is 6.71. The van der Waals surface area contributed by atoms with Crippen LogP contribution in [0.25, 0.3) is 0 Å². The number of likely N-dealkylation sites (tertiary alicyclic amines) is 1. The number of amides is 2. The van der Waals surface area contributed by atoms with E-state index in [1.165, 1.54) is 0 Å². The molecule has 0 spiro atoms. The molecule has 2 fully saturated rings. The van der Waals surface area contributed by atoms with E-state index in [2.05, 4.69) is 5.32 Å². The number of nitrogens with two attached hydrogens (primary N) is 1. The molecule has 0 radical (unpaired) electrons. The van der Waals surface area contributed by atoms with Crippen molar-refractivity contribution in [1.82, 2.24) is 10.2 Å². The Hall–Kier alpha value is -0.850. The van der Waals surface area contributed by atoms with E-state index in [0.29, 0.717) is 38.6 Å². The molecule has 1 aliphatic heterocycles. The molecule has 0 aromatic rings. The number of hydrogen-bond acceptors (Lipinski definition) is 4. The molecule has 1 aliphatic carbocycles. The molecule has 2 amide bonds. The predicted molar refractivity (Wildman–Crippen MR) is 77.5 cm³/mol. The van der Waals surface area contributed by atoms with Crippen molar-refractivity contribution in [3.8, 4) is 0 Å². The highest BCUT2D eigenvalue weighted by atomic mass is 35.5. The summed E-state index contributed by atoms with van der Waals surface area (Å²) in [6, 6.07) is 0.0793. The van der Waals surface area contributed by atoms with Crippen molar-refractivity contribution < 1.29 is 14.3 Å². The lowest BCUT2D eigenvalue weighted by Gasteiger charge is -2.19. The van der Waals surface area contributed by atoms with E-state index in [9.17, 15) is 9.59 Å². The van der Waals surface area contributed by atoms with Gasteiger partial charge in [-0.2, -0.15) is 0 Å². The second kappa shape index (κ2) is 7.81. The summed E-state index contributed by atoms with van der Waals surface area (Å²) in [5.41, 5.74) is 5.67. The fourth-order valence-corrected chi connectivity index (χ4v) is 2.53. The molecule has 2 atom stereocenters. The van der Waals surface area contributed by atoms with Crippen LogP contribution in [0.2, 0.25) is 0 Å². The SMILES string of the molecule is COCCN1CC(C(=O)NC(CN)C2CC2)CC1=O.Cl. The van der Waals surface area contributed by atoms with E-state index in [0.717, 1.165) is 12.8 Å². The summed E-state index contributed by atoms with van der Waals surface area (Å²) < 4.78 is 4.96. The molecule has 7 heteroatoms. The van der Waals surface area contributed by atoms with E-state index in [1.807, 2.05) is 0 Å². The van der Waals surface area contributed by atoms with E-state index in [1.54, 1.807) is 12.0 Å². The quantitative estimate of drug-likeness (QED) is 0.680. The third-order valence-corrected chi connectivity index (χ3v) is 3.92. The first kappa shape index (κ1) is 17.2. The van der Waals surface area contributed by atoms with Gasteiger partial charge in [-0.3, -0.25) is 9.59 Å². The zero-order chi connectivity index (χ0) is 13.8. The van der Waals surface area contributed by atoms with Crippen LogP contribution in [-0.2, 0) is 14.3 Å². The van der Waals surface area contributed by atoms with Gasteiger partial charge in [0, 0.05) is 39.2 Å². The van der Waals surface area contributed by atoms with Crippen molar-refractivity contribution in [3.05, 3.63) is 0 Å². The molecular weight excluding hydrogens is 282 g/mol. The van der Waals surface area contributed by atoms with Crippen LogP contribution in [0.1, 0.15) is 19.3 Å². The lowest BCUT2D eigenvalue weighted by Crippen LogP contribution is -2.45. The van der Waals surface area contributed by atoms with Gasteiger partial charge in [-0.25, -0.2) is 0 Å². The maximum absolute atomic E-state index is 12.1. The minimum absolute atomic E-state index is 0. The van der Waals surface area contributed by atoms with E-state index < -0.39 is 0 Å². The number of rotatable bonds is 7. The number of carbonyl (C=O) groups is 2. The summed E-state index contributed by atoms with van der Waals surface area (Å²) in [4.78, 5) is 25.6. The average Bonchev–Trinajstić information content (AvgIpc) is 3.17. The second-order valence-corrected chi connectivity index (χ2v) is 5.42. The van der Waals surface area contributed by atoms with E-state index in [4.69, 9.17) is 10.5 Å². The van der Waals surface area contributed by atoms with Crippen molar-refractivity contribution in [3.63, 3.8) is 0 Å². The first-order valence-electron chi connectivity index (χ1n) is 6.92. The highest BCUT2D eigenvalue weighted by Gasteiger charge is 2.37. The molecule has 1 heterocycles. The fraction of sp³-hybridized carbons (Fsp3) is 0.846. The molecule has 20 heavy (non-hydrogen) atoms. The standard InChI is InChI=1S/C13H23N3O3.ClH/c1-19-5-4-16-8-10(6-12(16)17)13(18)15-11(7-14)9-2-3-9;/h9-11H,2-8,14H2,1H3,(H,15,18);1H. The highest BCUT2D eigenvalue weighted by molar-refractivity contribution is 5.89. The van der Waals surface area contributed by atoms with Gasteiger partial charge < -0.3 is 20.7 Å². The monoisotopic (exact) mass is 305 g/mol. The Morgan fingerprint density at radius 1 is 1.55 bits per heavy atom. The molecule has 2 aliphatic rings. The van der Waals surface area contributed by atoms with Gasteiger partial charge in [0.2, 0.25) is 11.8 Å². The third kappa shape index (κ3) is 4.33. The fourth-order valence-electron chi connectivity index (χ4n) is 2.53. The number of ether oxygens (including phenoxy) is 1. The number of methoxy groups -OCH3 is 1. The molecule has 0 aromatic carbocycles. The lowest BCUT2D eigenvalue weighted by molar-refractivity contribution is -0.129. The Labute approximate surface area is 125 Å². The molecule has 3 N–H and O–H groups in total. The molecular formula is C13H24ClN3O3. The zero-order valence-corrected chi connectivity index (χ0v) is 12.7. The molecule has 2 rings (SSSR count). The summed E-state index contributed by atoms with van der Waals surface area (Å²) in [7, 11) is 1.60. The topological polar surface area (TPSA) is 84.7 Å². The van der Waals surface area contributed by atoms with Crippen LogP contribution in [0.4, 0.5) is 0 Å². The van der Waals surface area contributed by atoms with Gasteiger partial charge in [-0.05, 0) is 18.8 Å². The van der Waals surface area contributed by atoms with Crippen LogP contribution in [-0.4, -0.2) is 56.1 Å². The molecule has 2 unspecified atom stereocenters. The third-order valence-electron chi connectivity index (χ3n) is 3.92. The number of halogens is 1. The van der Waals surface area contributed by atoms with Gasteiger partial charge in [-0.1, -0.05) is 0 Å². The number of nitrogens with one attached hydrogen (secondary N) is 1. The van der Waals surface area contributed by atoms with E-state index >= 15 is 0 Å². The van der Waals surface area contributed by atoms with Gasteiger partial charge >= 0.3 is 0 Å². The Morgan fingerprint density at radius 2 is 2.25 bits per heavy atom. The predicted octanol–water partition coefficient (Wildman–Crippen LogP) is -0.243. The Morgan fingerprint density at radius 3 is 2.80 bits per heavy atom. The Bertz CT molecular complexity index is 350. The first-order valence-corrected chi connectivity index (χ1v) is 6.92. The summed E-state index contributed by atoms with van der Waals surface area (Å²) in [6.45, 7) is 2.04. The second-order valence-electron chi connectivity index (χ2n) is 5.42. The van der Waals surface area contributed by atoms with Crippen molar-refractivity contribution in [2.45, 2.75) is 25.3 Å². The normalized spacial score (nSPS) is 23.4. The van der Waals surface area contributed by atoms with Gasteiger partial charge in [-0.15, -0.1) is 12.4 Å².